The van der Waals surface area contributed by atoms with E-state index in [0.717, 1.165) is 22.7 Å². The molecule has 0 aliphatic carbocycles. The first kappa shape index (κ1) is 18.3. The van der Waals surface area contributed by atoms with Gasteiger partial charge in [0.1, 0.15) is 0 Å². The van der Waals surface area contributed by atoms with Crippen LogP contribution >= 0.6 is 11.3 Å². The number of amides is 1. The average Bonchev–Trinajstić information content (AvgIpc) is 3.25. The van der Waals surface area contributed by atoms with Gasteiger partial charge in [-0.3, -0.25) is 4.79 Å². The summed E-state index contributed by atoms with van der Waals surface area (Å²) < 4.78 is 40.1. The second-order valence-electron chi connectivity index (χ2n) is 5.93. The lowest BCUT2D eigenvalue weighted by atomic mass is 10.1. The molecule has 0 radical (unpaired) electrons. The highest BCUT2D eigenvalue weighted by atomic mass is 32.1. The molecular weight excluding hydrogens is 361 g/mol. The van der Waals surface area contributed by atoms with Crippen molar-refractivity contribution in [2.45, 2.75) is 19.3 Å². The van der Waals surface area contributed by atoms with Gasteiger partial charge in [-0.2, -0.15) is 13.2 Å². The molecule has 0 N–H and O–H groups in total. The largest absolute Gasteiger partial charge is 0.416 e. The Morgan fingerprint density at radius 1 is 1.08 bits per heavy atom. The van der Waals surface area contributed by atoms with Crippen molar-refractivity contribution in [3.05, 3.63) is 81.8 Å². The van der Waals surface area contributed by atoms with Crippen molar-refractivity contribution in [1.29, 1.82) is 0 Å². The lowest BCUT2D eigenvalue weighted by Crippen LogP contribution is -2.30. The molecule has 136 valence electrons. The molecule has 0 aliphatic heterocycles. The highest BCUT2D eigenvalue weighted by Gasteiger charge is 2.30. The molecule has 7 heteroatoms. The van der Waals surface area contributed by atoms with Gasteiger partial charge in [-0.1, -0.05) is 6.07 Å². The van der Waals surface area contributed by atoms with Gasteiger partial charge < -0.3 is 9.47 Å². The van der Waals surface area contributed by atoms with Crippen LogP contribution in [-0.2, 0) is 26.3 Å². The molecule has 26 heavy (non-hydrogen) atoms. The van der Waals surface area contributed by atoms with Crippen molar-refractivity contribution in [1.82, 2.24) is 9.47 Å². The van der Waals surface area contributed by atoms with E-state index in [9.17, 15) is 18.0 Å². The predicted molar refractivity (Wildman–Crippen MR) is 94.8 cm³/mol. The normalized spacial score (nSPS) is 11.5. The van der Waals surface area contributed by atoms with Gasteiger partial charge >= 0.3 is 6.18 Å². The number of thiophene rings is 1. The third-order valence-corrected chi connectivity index (χ3v) is 4.94. The first-order valence-electron chi connectivity index (χ1n) is 7.94. The molecule has 0 unspecified atom stereocenters. The molecule has 0 bridgehead atoms. The molecule has 2 aromatic heterocycles. The first-order valence-corrected chi connectivity index (χ1v) is 8.81. The Morgan fingerprint density at radius 2 is 1.81 bits per heavy atom. The van der Waals surface area contributed by atoms with Gasteiger partial charge in [0.25, 0.3) is 5.91 Å². The van der Waals surface area contributed by atoms with Gasteiger partial charge in [0.05, 0.1) is 18.7 Å². The second kappa shape index (κ2) is 7.37. The number of carbonyl (C=O) groups excluding carboxylic acids is 1. The van der Waals surface area contributed by atoms with E-state index < -0.39 is 11.7 Å². The molecule has 0 fully saturated rings. The zero-order valence-corrected chi connectivity index (χ0v) is 14.8. The Balaban J connectivity index is 1.85. The van der Waals surface area contributed by atoms with Crippen LogP contribution in [0.3, 0.4) is 0 Å². The summed E-state index contributed by atoms with van der Waals surface area (Å²) in [4.78, 5) is 15.6. The van der Waals surface area contributed by atoms with Crippen LogP contribution in [0.15, 0.2) is 60.1 Å². The van der Waals surface area contributed by atoms with E-state index in [4.69, 9.17) is 0 Å². The van der Waals surface area contributed by atoms with Crippen molar-refractivity contribution < 1.29 is 18.0 Å². The third kappa shape index (κ3) is 4.16. The number of nitrogens with zero attached hydrogens (tertiary/aromatic N) is 2. The van der Waals surface area contributed by atoms with Crippen LogP contribution in [0.2, 0.25) is 0 Å². The van der Waals surface area contributed by atoms with Crippen LogP contribution in [0.1, 0.15) is 26.5 Å². The van der Waals surface area contributed by atoms with Crippen molar-refractivity contribution in [3.63, 3.8) is 0 Å². The number of benzene rings is 1. The Labute approximate surface area is 153 Å². The number of halogens is 3. The van der Waals surface area contributed by atoms with Crippen LogP contribution < -0.4 is 0 Å². The lowest BCUT2D eigenvalue weighted by Gasteiger charge is -2.23. The summed E-state index contributed by atoms with van der Waals surface area (Å²) in [5, 5.41) is 1.93. The van der Waals surface area contributed by atoms with Crippen LogP contribution in [0, 0.1) is 0 Å². The summed E-state index contributed by atoms with van der Waals surface area (Å²) in [6.45, 7) is 0.782. The Bertz CT molecular complexity index is 867. The zero-order chi connectivity index (χ0) is 18.7. The van der Waals surface area contributed by atoms with E-state index in [-0.39, 0.29) is 11.5 Å². The highest BCUT2D eigenvalue weighted by molar-refractivity contribution is 7.09. The molecule has 3 aromatic rings. The SMILES string of the molecule is Cn1cccc1CN(Cc1cccs1)C(=O)c1ccc(C(F)(F)F)cc1. The molecule has 3 nitrogen and oxygen atoms in total. The van der Waals surface area contributed by atoms with Gasteiger partial charge in [-0.05, 0) is 47.8 Å². The topological polar surface area (TPSA) is 25.2 Å². The van der Waals surface area contributed by atoms with Gasteiger partial charge in [-0.15, -0.1) is 11.3 Å². The Morgan fingerprint density at radius 3 is 2.35 bits per heavy atom. The quantitative estimate of drug-likeness (QED) is 0.617. The van der Waals surface area contributed by atoms with E-state index in [2.05, 4.69) is 0 Å². The molecule has 0 aliphatic rings. The number of aromatic nitrogens is 1. The maximum Gasteiger partial charge on any atom is 0.416 e. The van der Waals surface area contributed by atoms with Crippen LogP contribution in [0.5, 0.6) is 0 Å². The minimum Gasteiger partial charge on any atom is -0.353 e. The van der Waals surface area contributed by atoms with Crippen molar-refractivity contribution in [3.8, 4) is 0 Å². The summed E-state index contributed by atoms with van der Waals surface area (Å²) in [5.41, 5.74) is 0.423. The van der Waals surface area contributed by atoms with E-state index in [0.29, 0.717) is 13.1 Å². The maximum atomic E-state index is 12.9. The van der Waals surface area contributed by atoms with E-state index in [1.165, 1.54) is 23.5 Å². The minimum absolute atomic E-state index is 0.240. The number of hydrogen-bond acceptors (Lipinski definition) is 2. The van der Waals surface area contributed by atoms with Gasteiger partial charge in [0, 0.05) is 29.4 Å². The number of aryl methyl sites for hydroxylation is 1. The van der Waals surface area contributed by atoms with Gasteiger partial charge in [-0.25, -0.2) is 0 Å². The van der Waals surface area contributed by atoms with Gasteiger partial charge in [0.2, 0.25) is 0 Å². The summed E-state index contributed by atoms with van der Waals surface area (Å²) in [7, 11) is 1.89. The summed E-state index contributed by atoms with van der Waals surface area (Å²) in [6, 6.07) is 12.0. The van der Waals surface area contributed by atoms with E-state index >= 15 is 0 Å². The Hall–Kier alpha value is -2.54. The molecule has 2 heterocycles. The highest BCUT2D eigenvalue weighted by Crippen LogP contribution is 2.29. The van der Waals surface area contributed by atoms with E-state index in [1.54, 1.807) is 4.90 Å². The molecule has 0 spiro atoms. The van der Waals surface area contributed by atoms with Crippen molar-refractivity contribution >= 4 is 17.2 Å². The molecule has 3 rings (SSSR count). The van der Waals surface area contributed by atoms with Crippen LogP contribution in [0.25, 0.3) is 0 Å². The fourth-order valence-electron chi connectivity index (χ4n) is 2.63. The smallest absolute Gasteiger partial charge is 0.353 e. The fourth-order valence-corrected chi connectivity index (χ4v) is 3.35. The number of rotatable bonds is 5. The molecule has 0 saturated carbocycles. The standard InChI is InChI=1S/C19H17F3N2OS/c1-23-10-2-4-16(23)12-24(13-17-5-3-11-26-17)18(25)14-6-8-15(9-7-14)19(20,21)22/h2-11H,12-13H2,1H3. The summed E-state index contributed by atoms with van der Waals surface area (Å²) in [5.74, 6) is -0.298. The molecular formula is C19H17F3N2OS. The molecule has 1 amide bonds. The van der Waals surface area contributed by atoms with Crippen LogP contribution in [-0.4, -0.2) is 15.4 Å². The molecule has 0 atom stereocenters. The average molecular weight is 378 g/mol. The lowest BCUT2D eigenvalue weighted by molar-refractivity contribution is -0.137. The predicted octanol–water partition coefficient (Wildman–Crippen LogP) is 4.95. The summed E-state index contributed by atoms with van der Waals surface area (Å²) >= 11 is 1.54. The second-order valence-corrected chi connectivity index (χ2v) is 6.96. The number of alkyl halides is 3. The van der Waals surface area contributed by atoms with Crippen molar-refractivity contribution in [2.24, 2.45) is 7.05 Å². The molecule has 0 saturated heterocycles. The van der Waals surface area contributed by atoms with E-state index in [1.807, 2.05) is 47.5 Å². The Kier molecular flexibility index (Phi) is 5.18. The zero-order valence-electron chi connectivity index (χ0n) is 14.0. The third-order valence-electron chi connectivity index (χ3n) is 4.08. The van der Waals surface area contributed by atoms with Crippen molar-refractivity contribution in [2.75, 3.05) is 0 Å². The van der Waals surface area contributed by atoms with Gasteiger partial charge in [0.15, 0.2) is 0 Å². The number of carbonyl (C=O) groups is 1. The first-order chi connectivity index (χ1) is 12.3. The maximum absolute atomic E-state index is 12.9. The van der Waals surface area contributed by atoms with Crippen LogP contribution in [0.4, 0.5) is 13.2 Å². The molecule has 1 aromatic carbocycles. The monoisotopic (exact) mass is 378 g/mol. The summed E-state index contributed by atoms with van der Waals surface area (Å²) in [6.07, 6.45) is -2.53. The fraction of sp³-hybridized carbons (Fsp3) is 0.211. The number of hydrogen-bond donors (Lipinski definition) is 0. The minimum atomic E-state index is -4.42.